The molecule has 0 rings (SSSR count). The van der Waals surface area contributed by atoms with Crippen LogP contribution in [0, 0.1) is 5.41 Å². The molecule has 7 heavy (non-hydrogen) atoms. The van der Waals surface area contributed by atoms with E-state index in [0.717, 1.165) is 0 Å². The molecule has 0 radical (unpaired) electrons. The van der Waals surface area contributed by atoms with Crippen LogP contribution in [0.1, 0.15) is 13.8 Å². The second-order valence-electron chi connectivity index (χ2n) is 2.14. The maximum absolute atomic E-state index is 6.80. The summed E-state index contributed by atoms with van der Waals surface area (Å²) in [6.45, 7) is 3.38. The number of hydrogen-bond acceptors (Lipinski definition) is 2. The second-order valence-corrected chi connectivity index (χ2v) is 2.14. The van der Waals surface area contributed by atoms with Crippen molar-refractivity contribution in [3.8, 4) is 0 Å². The van der Waals surface area contributed by atoms with Crippen molar-refractivity contribution in [2.75, 3.05) is 0 Å². The quantitative estimate of drug-likeness (QED) is 0.312. The highest BCUT2D eigenvalue weighted by molar-refractivity contribution is 5.85. The first kappa shape index (κ1) is 6.43. The number of amidine groups is 1. The van der Waals surface area contributed by atoms with Crippen molar-refractivity contribution in [3.05, 3.63) is 0 Å². The van der Waals surface area contributed by atoms with Gasteiger partial charge >= 0.3 is 0 Å². The average Bonchev–Trinajstić information content (AvgIpc) is 1.31. The van der Waals surface area contributed by atoms with Crippen molar-refractivity contribution < 1.29 is 0 Å². The monoisotopic (exact) mass is 101 g/mol. The van der Waals surface area contributed by atoms with E-state index in [2.05, 4.69) is 0 Å². The maximum atomic E-state index is 6.80. The van der Waals surface area contributed by atoms with Crippen molar-refractivity contribution in [3.63, 3.8) is 0 Å². The summed E-state index contributed by atoms with van der Waals surface area (Å²) in [6.07, 6.45) is 0. The molecule has 0 saturated heterocycles. The van der Waals surface area contributed by atoms with E-state index in [9.17, 15) is 0 Å². The van der Waals surface area contributed by atoms with E-state index in [1.54, 1.807) is 13.8 Å². The van der Waals surface area contributed by atoms with Crippen molar-refractivity contribution in [1.82, 2.24) is 0 Å². The number of rotatable bonds is 1. The van der Waals surface area contributed by atoms with Gasteiger partial charge in [-0.2, -0.15) is 0 Å². The Bertz CT molecular complexity index is 79.4. The van der Waals surface area contributed by atoms with Gasteiger partial charge in [-0.3, -0.25) is 5.41 Å². The van der Waals surface area contributed by atoms with Crippen molar-refractivity contribution in [2.45, 2.75) is 19.4 Å². The van der Waals surface area contributed by atoms with Gasteiger partial charge in [0, 0.05) is 0 Å². The summed E-state index contributed by atoms with van der Waals surface area (Å²) in [5.74, 6) is 0.0208. The topological polar surface area (TPSA) is 75.9 Å². The third-order valence-corrected chi connectivity index (χ3v) is 0.694. The molecule has 0 saturated carbocycles. The molecule has 42 valence electrons. The molecule has 0 fully saturated rings. The Morgan fingerprint density at radius 3 is 1.71 bits per heavy atom. The minimum atomic E-state index is -0.639. The van der Waals surface area contributed by atoms with Crippen molar-refractivity contribution in [2.24, 2.45) is 11.5 Å². The Morgan fingerprint density at radius 1 is 1.57 bits per heavy atom. The third kappa shape index (κ3) is 2.17. The molecule has 0 unspecified atom stereocenters. The van der Waals surface area contributed by atoms with Crippen LogP contribution in [0.15, 0.2) is 0 Å². The van der Waals surface area contributed by atoms with Gasteiger partial charge in [-0.25, -0.2) is 0 Å². The van der Waals surface area contributed by atoms with Crippen LogP contribution in [0.5, 0.6) is 0 Å². The van der Waals surface area contributed by atoms with Crippen LogP contribution in [0.25, 0.3) is 0 Å². The lowest BCUT2D eigenvalue weighted by Gasteiger charge is -2.14. The second kappa shape index (κ2) is 1.50. The predicted molar refractivity (Wildman–Crippen MR) is 30.2 cm³/mol. The number of hydrogen-bond donors (Lipinski definition) is 3. The number of nitrogens with two attached hydrogens (primary N) is 2. The first-order valence-electron chi connectivity index (χ1n) is 2.08. The van der Waals surface area contributed by atoms with E-state index < -0.39 is 5.54 Å². The van der Waals surface area contributed by atoms with Gasteiger partial charge in [-0.15, -0.1) is 0 Å². The van der Waals surface area contributed by atoms with E-state index in [1.807, 2.05) is 0 Å². The summed E-state index contributed by atoms with van der Waals surface area (Å²) in [4.78, 5) is 0. The summed E-state index contributed by atoms with van der Waals surface area (Å²) in [7, 11) is 0. The fourth-order valence-corrected chi connectivity index (χ4v) is 0. The molecule has 0 aliphatic heterocycles. The third-order valence-electron chi connectivity index (χ3n) is 0.694. The van der Waals surface area contributed by atoms with E-state index >= 15 is 0 Å². The molecule has 0 bridgehead atoms. The van der Waals surface area contributed by atoms with Gasteiger partial charge < -0.3 is 11.5 Å². The smallest absolute Gasteiger partial charge is 0.110 e. The molecular weight excluding hydrogens is 90.1 g/mol. The lowest BCUT2D eigenvalue weighted by molar-refractivity contribution is 0.687. The first-order valence-corrected chi connectivity index (χ1v) is 2.08. The molecule has 0 aromatic rings. The van der Waals surface area contributed by atoms with Crippen LogP contribution in [-0.2, 0) is 0 Å². The normalized spacial score (nSPS) is 11.3. The van der Waals surface area contributed by atoms with Gasteiger partial charge in [0.05, 0.1) is 5.54 Å². The molecular formula is C4H11N3. The Hall–Kier alpha value is -0.570. The van der Waals surface area contributed by atoms with Crippen molar-refractivity contribution in [1.29, 1.82) is 5.41 Å². The molecule has 0 aromatic carbocycles. The van der Waals surface area contributed by atoms with E-state index in [4.69, 9.17) is 16.9 Å². The molecule has 0 heterocycles. The first-order chi connectivity index (χ1) is 2.94. The van der Waals surface area contributed by atoms with Gasteiger partial charge in [-0.1, -0.05) is 0 Å². The molecule has 0 aliphatic rings. The highest BCUT2D eigenvalue weighted by atomic mass is 14.9. The van der Waals surface area contributed by atoms with Crippen molar-refractivity contribution >= 4 is 5.84 Å². The summed E-state index contributed by atoms with van der Waals surface area (Å²) < 4.78 is 0. The SMILES string of the molecule is CC(C)(N)C(=N)N. The molecule has 3 nitrogen and oxygen atoms in total. The van der Waals surface area contributed by atoms with Crippen LogP contribution in [-0.4, -0.2) is 11.4 Å². The molecule has 0 spiro atoms. The lowest BCUT2D eigenvalue weighted by Crippen LogP contribution is -2.45. The zero-order valence-electron chi connectivity index (χ0n) is 4.65. The minimum absolute atomic E-state index is 0.0208. The summed E-state index contributed by atoms with van der Waals surface area (Å²) in [5, 5.41) is 6.80. The Kier molecular flexibility index (Phi) is 1.38. The fraction of sp³-hybridized carbons (Fsp3) is 0.750. The Balaban J connectivity index is 3.79. The number of nitrogens with one attached hydrogen (secondary N) is 1. The zero-order chi connectivity index (χ0) is 6.08. The van der Waals surface area contributed by atoms with Crippen LogP contribution >= 0.6 is 0 Å². The zero-order valence-corrected chi connectivity index (χ0v) is 4.65. The van der Waals surface area contributed by atoms with Crippen LogP contribution < -0.4 is 11.5 Å². The molecule has 0 atom stereocenters. The van der Waals surface area contributed by atoms with Gasteiger partial charge in [0.2, 0.25) is 0 Å². The fourth-order valence-electron chi connectivity index (χ4n) is 0. The van der Waals surface area contributed by atoms with E-state index in [-0.39, 0.29) is 5.84 Å². The van der Waals surface area contributed by atoms with Gasteiger partial charge in [0.15, 0.2) is 0 Å². The van der Waals surface area contributed by atoms with Gasteiger partial charge in [0.1, 0.15) is 5.84 Å². The maximum Gasteiger partial charge on any atom is 0.110 e. The van der Waals surface area contributed by atoms with Crippen LogP contribution in [0.3, 0.4) is 0 Å². The van der Waals surface area contributed by atoms with Gasteiger partial charge in [0.25, 0.3) is 0 Å². The molecule has 3 heteroatoms. The predicted octanol–water partition coefficient (Wildman–Crippen LogP) is -0.340. The highest BCUT2D eigenvalue weighted by Crippen LogP contribution is 1.91. The molecule has 0 aromatic heterocycles. The Labute approximate surface area is 43.2 Å². The molecule has 0 amide bonds. The van der Waals surface area contributed by atoms with Crippen LogP contribution in [0.2, 0.25) is 0 Å². The van der Waals surface area contributed by atoms with Crippen LogP contribution in [0.4, 0.5) is 0 Å². The lowest BCUT2D eigenvalue weighted by atomic mass is 10.1. The highest BCUT2D eigenvalue weighted by Gasteiger charge is 2.12. The van der Waals surface area contributed by atoms with Gasteiger partial charge in [-0.05, 0) is 13.8 Å². The van der Waals surface area contributed by atoms with E-state index in [1.165, 1.54) is 0 Å². The average molecular weight is 101 g/mol. The minimum Gasteiger partial charge on any atom is -0.386 e. The Morgan fingerprint density at radius 2 is 1.71 bits per heavy atom. The summed E-state index contributed by atoms with van der Waals surface area (Å²) in [6, 6.07) is 0. The van der Waals surface area contributed by atoms with E-state index in [0.29, 0.717) is 0 Å². The summed E-state index contributed by atoms with van der Waals surface area (Å²) >= 11 is 0. The molecule has 5 N–H and O–H groups in total. The molecule has 0 aliphatic carbocycles. The largest absolute Gasteiger partial charge is 0.386 e. The summed E-state index contributed by atoms with van der Waals surface area (Å²) in [5.41, 5.74) is 9.72. The standard InChI is InChI=1S/C4H11N3/c1-4(2,7)3(5)6/h7H2,1-2H3,(H3,5,6).